The van der Waals surface area contributed by atoms with Gasteiger partial charge in [-0.1, -0.05) is 0 Å². The average Bonchev–Trinajstić information content (AvgIpc) is 2.85. The Labute approximate surface area is 116 Å². The number of aldehydes is 1. The summed E-state index contributed by atoms with van der Waals surface area (Å²) in [6, 6.07) is 4.99. The SMILES string of the molecule is CCN(CC)n1nc2ccc(C(=O)OC)cc2c1C=O. The third-order valence-electron chi connectivity index (χ3n) is 3.22. The number of ether oxygens (including phenoxy) is 1. The molecule has 0 fully saturated rings. The third-order valence-corrected chi connectivity index (χ3v) is 3.22. The van der Waals surface area contributed by atoms with E-state index in [-0.39, 0.29) is 0 Å². The Hall–Kier alpha value is -2.37. The number of carbonyl (C=O) groups excluding carboxylic acids is 2. The molecule has 20 heavy (non-hydrogen) atoms. The van der Waals surface area contributed by atoms with Crippen molar-refractivity contribution in [3.8, 4) is 0 Å². The van der Waals surface area contributed by atoms with E-state index in [2.05, 4.69) is 5.10 Å². The summed E-state index contributed by atoms with van der Waals surface area (Å²) in [4.78, 5) is 24.5. The van der Waals surface area contributed by atoms with Crippen molar-refractivity contribution in [1.82, 2.24) is 9.89 Å². The highest BCUT2D eigenvalue weighted by Gasteiger charge is 2.16. The van der Waals surface area contributed by atoms with Crippen LogP contribution < -0.4 is 5.01 Å². The Bertz CT molecular complexity index is 644. The van der Waals surface area contributed by atoms with Crippen molar-refractivity contribution >= 4 is 23.2 Å². The van der Waals surface area contributed by atoms with Crippen LogP contribution in [0.1, 0.15) is 34.7 Å². The number of nitrogens with zero attached hydrogens (tertiary/aromatic N) is 3. The number of rotatable bonds is 5. The van der Waals surface area contributed by atoms with Crippen LogP contribution in [0.15, 0.2) is 18.2 Å². The predicted molar refractivity (Wildman–Crippen MR) is 75.8 cm³/mol. The van der Waals surface area contributed by atoms with Gasteiger partial charge in [-0.15, -0.1) is 0 Å². The molecule has 0 bridgehead atoms. The molecular formula is C14H17N3O3. The first-order valence-electron chi connectivity index (χ1n) is 6.47. The molecule has 2 rings (SSSR count). The van der Waals surface area contributed by atoms with E-state index in [1.807, 2.05) is 18.9 Å². The van der Waals surface area contributed by atoms with Crippen LogP contribution in [0.3, 0.4) is 0 Å². The molecule has 1 aromatic heterocycles. The quantitative estimate of drug-likeness (QED) is 0.612. The number of methoxy groups -OCH3 is 1. The Morgan fingerprint density at radius 2 is 2.10 bits per heavy atom. The summed E-state index contributed by atoms with van der Waals surface area (Å²) < 4.78 is 4.69. The molecule has 0 radical (unpaired) electrons. The largest absolute Gasteiger partial charge is 0.465 e. The van der Waals surface area contributed by atoms with Crippen LogP contribution in [-0.2, 0) is 4.74 Å². The van der Waals surface area contributed by atoms with Crippen molar-refractivity contribution in [2.45, 2.75) is 13.8 Å². The van der Waals surface area contributed by atoms with Gasteiger partial charge in [0.1, 0.15) is 5.69 Å². The van der Waals surface area contributed by atoms with E-state index < -0.39 is 5.97 Å². The summed E-state index contributed by atoms with van der Waals surface area (Å²) in [5.41, 5.74) is 1.52. The average molecular weight is 275 g/mol. The van der Waals surface area contributed by atoms with E-state index in [1.54, 1.807) is 23.0 Å². The van der Waals surface area contributed by atoms with Gasteiger partial charge in [-0.2, -0.15) is 9.89 Å². The normalized spacial score (nSPS) is 10.6. The van der Waals surface area contributed by atoms with Crippen molar-refractivity contribution in [2.24, 2.45) is 0 Å². The molecule has 0 aliphatic heterocycles. The molecule has 0 N–H and O–H groups in total. The number of benzene rings is 1. The van der Waals surface area contributed by atoms with Gasteiger partial charge in [0, 0.05) is 18.5 Å². The van der Waals surface area contributed by atoms with Crippen LogP contribution in [0.25, 0.3) is 10.9 Å². The molecule has 0 atom stereocenters. The minimum atomic E-state index is -0.431. The van der Waals surface area contributed by atoms with E-state index >= 15 is 0 Å². The van der Waals surface area contributed by atoms with Crippen LogP contribution in [0.5, 0.6) is 0 Å². The number of carbonyl (C=O) groups is 2. The Balaban J connectivity index is 2.63. The van der Waals surface area contributed by atoms with Gasteiger partial charge in [-0.05, 0) is 32.0 Å². The van der Waals surface area contributed by atoms with Crippen molar-refractivity contribution in [2.75, 3.05) is 25.2 Å². The lowest BCUT2D eigenvalue weighted by atomic mass is 10.1. The molecule has 0 aliphatic rings. The first-order chi connectivity index (χ1) is 9.65. The van der Waals surface area contributed by atoms with Gasteiger partial charge in [-0.25, -0.2) is 4.79 Å². The maximum Gasteiger partial charge on any atom is 0.337 e. The molecule has 2 aromatic rings. The molecule has 0 unspecified atom stereocenters. The monoisotopic (exact) mass is 275 g/mol. The second-order valence-corrected chi connectivity index (χ2v) is 4.25. The fourth-order valence-electron chi connectivity index (χ4n) is 2.15. The van der Waals surface area contributed by atoms with E-state index in [9.17, 15) is 9.59 Å². The van der Waals surface area contributed by atoms with E-state index in [4.69, 9.17) is 4.74 Å². The van der Waals surface area contributed by atoms with Crippen LogP contribution >= 0.6 is 0 Å². The Morgan fingerprint density at radius 3 is 2.65 bits per heavy atom. The standard InChI is InChI=1S/C14H17N3O3/c1-4-16(5-2)17-13(9-18)11-8-10(14(19)20-3)6-7-12(11)15-17/h6-9H,4-5H2,1-3H3. The second kappa shape index (κ2) is 5.73. The van der Waals surface area contributed by atoms with E-state index in [0.29, 0.717) is 22.2 Å². The molecule has 6 nitrogen and oxygen atoms in total. The van der Waals surface area contributed by atoms with Crippen molar-refractivity contribution in [1.29, 1.82) is 0 Å². The predicted octanol–water partition coefficient (Wildman–Crippen LogP) is 1.61. The molecule has 0 amide bonds. The summed E-state index contributed by atoms with van der Waals surface area (Å²) in [5.74, 6) is -0.431. The summed E-state index contributed by atoms with van der Waals surface area (Å²) in [5, 5.41) is 6.99. The highest BCUT2D eigenvalue weighted by Crippen LogP contribution is 2.19. The topological polar surface area (TPSA) is 64.4 Å². The van der Waals surface area contributed by atoms with Crippen molar-refractivity contribution < 1.29 is 14.3 Å². The van der Waals surface area contributed by atoms with Gasteiger partial charge in [-0.3, -0.25) is 9.80 Å². The lowest BCUT2D eigenvalue weighted by Gasteiger charge is -2.21. The number of hydrogen-bond donors (Lipinski definition) is 0. The molecule has 0 spiro atoms. The maximum atomic E-state index is 11.6. The third kappa shape index (κ3) is 2.24. The zero-order valence-electron chi connectivity index (χ0n) is 11.8. The van der Waals surface area contributed by atoms with Gasteiger partial charge >= 0.3 is 5.97 Å². The maximum absolute atomic E-state index is 11.6. The number of esters is 1. The molecule has 1 aromatic carbocycles. The number of hydrogen-bond acceptors (Lipinski definition) is 5. The second-order valence-electron chi connectivity index (χ2n) is 4.25. The highest BCUT2D eigenvalue weighted by molar-refractivity contribution is 6.00. The Morgan fingerprint density at radius 1 is 1.40 bits per heavy atom. The molecule has 0 saturated carbocycles. The van der Waals surface area contributed by atoms with Gasteiger partial charge < -0.3 is 4.74 Å². The van der Waals surface area contributed by atoms with Gasteiger partial charge in [0.2, 0.25) is 0 Å². The summed E-state index contributed by atoms with van der Waals surface area (Å²) >= 11 is 0. The number of fused-ring (bicyclic) bond motifs is 1. The molecule has 1 heterocycles. The Kier molecular flexibility index (Phi) is 4.02. The molecule has 0 aliphatic carbocycles. The van der Waals surface area contributed by atoms with Crippen LogP contribution in [0.2, 0.25) is 0 Å². The van der Waals surface area contributed by atoms with Crippen LogP contribution in [-0.4, -0.2) is 42.3 Å². The molecule has 106 valence electrons. The lowest BCUT2D eigenvalue weighted by Crippen LogP contribution is -2.36. The van der Waals surface area contributed by atoms with Gasteiger partial charge in [0.15, 0.2) is 6.29 Å². The van der Waals surface area contributed by atoms with Crippen LogP contribution in [0.4, 0.5) is 0 Å². The first kappa shape index (κ1) is 14.0. The fourth-order valence-corrected chi connectivity index (χ4v) is 2.15. The minimum absolute atomic E-state index is 0.405. The fraction of sp³-hybridized carbons (Fsp3) is 0.357. The van der Waals surface area contributed by atoms with Gasteiger partial charge in [0.05, 0.1) is 18.2 Å². The summed E-state index contributed by atoms with van der Waals surface area (Å²) in [6.45, 7) is 5.44. The highest BCUT2D eigenvalue weighted by atomic mass is 16.5. The zero-order valence-corrected chi connectivity index (χ0v) is 11.8. The summed E-state index contributed by atoms with van der Waals surface area (Å²) in [6.07, 6.45) is 0.759. The minimum Gasteiger partial charge on any atom is -0.465 e. The van der Waals surface area contributed by atoms with Crippen molar-refractivity contribution in [3.05, 3.63) is 29.5 Å². The van der Waals surface area contributed by atoms with E-state index in [1.165, 1.54) is 7.11 Å². The van der Waals surface area contributed by atoms with Gasteiger partial charge in [0.25, 0.3) is 0 Å². The number of aromatic nitrogens is 2. The van der Waals surface area contributed by atoms with E-state index in [0.717, 1.165) is 19.4 Å². The zero-order chi connectivity index (χ0) is 14.7. The molecule has 6 heteroatoms. The molecule has 0 saturated heterocycles. The summed E-state index contributed by atoms with van der Waals surface area (Å²) in [7, 11) is 1.33. The first-order valence-corrected chi connectivity index (χ1v) is 6.47. The van der Waals surface area contributed by atoms with Crippen molar-refractivity contribution in [3.63, 3.8) is 0 Å². The van der Waals surface area contributed by atoms with Crippen LogP contribution in [0, 0.1) is 0 Å². The lowest BCUT2D eigenvalue weighted by molar-refractivity contribution is 0.0601. The smallest absolute Gasteiger partial charge is 0.337 e. The molecular weight excluding hydrogens is 258 g/mol.